The molecule has 84 valence electrons. The van der Waals surface area contributed by atoms with Crippen molar-refractivity contribution in [3.05, 3.63) is 35.5 Å². The fourth-order valence-corrected chi connectivity index (χ4v) is 1.56. The summed E-state index contributed by atoms with van der Waals surface area (Å²) in [6.07, 6.45) is 3.76. The van der Waals surface area contributed by atoms with Crippen LogP contribution in [0.1, 0.15) is 17.1 Å². The van der Waals surface area contributed by atoms with E-state index in [2.05, 4.69) is 20.4 Å². The Balaban J connectivity index is 2.05. The first-order chi connectivity index (χ1) is 7.65. The van der Waals surface area contributed by atoms with Gasteiger partial charge in [0, 0.05) is 31.5 Å². The molecule has 0 aliphatic carbocycles. The van der Waals surface area contributed by atoms with Crippen LogP contribution < -0.4 is 5.32 Å². The van der Waals surface area contributed by atoms with Crippen molar-refractivity contribution in [1.29, 1.82) is 0 Å². The smallest absolute Gasteiger partial charge is 0.129 e. The first kappa shape index (κ1) is 10.6. The summed E-state index contributed by atoms with van der Waals surface area (Å²) in [6, 6.07) is 1.86. The van der Waals surface area contributed by atoms with E-state index < -0.39 is 0 Å². The summed E-state index contributed by atoms with van der Waals surface area (Å²) in [6.45, 7) is 4.61. The maximum atomic E-state index is 4.28. The third-order valence-corrected chi connectivity index (χ3v) is 2.35. The predicted molar refractivity (Wildman–Crippen MR) is 62.0 cm³/mol. The summed E-state index contributed by atoms with van der Waals surface area (Å²) in [5.41, 5.74) is 2.22. The van der Waals surface area contributed by atoms with Crippen LogP contribution in [0.25, 0.3) is 0 Å². The molecule has 2 heterocycles. The maximum Gasteiger partial charge on any atom is 0.129 e. The molecule has 0 spiro atoms. The van der Waals surface area contributed by atoms with Crippen molar-refractivity contribution >= 4 is 5.82 Å². The summed E-state index contributed by atoms with van der Waals surface area (Å²) >= 11 is 0. The van der Waals surface area contributed by atoms with Gasteiger partial charge in [0.25, 0.3) is 0 Å². The van der Waals surface area contributed by atoms with Crippen LogP contribution in [0.3, 0.4) is 0 Å². The molecule has 0 aliphatic heterocycles. The minimum Gasteiger partial charge on any atom is -0.366 e. The molecule has 0 saturated heterocycles. The second-order valence-electron chi connectivity index (χ2n) is 3.76. The van der Waals surface area contributed by atoms with Gasteiger partial charge in [-0.25, -0.2) is 9.97 Å². The van der Waals surface area contributed by atoms with Gasteiger partial charge < -0.3 is 5.32 Å². The monoisotopic (exact) mass is 217 g/mol. The van der Waals surface area contributed by atoms with E-state index in [0.29, 0.717) is 0 Å². The Labute approximate surface area is 94.5 Å². The highest BCUT2D eigenvalue weighted by Crippen LogP contribution is 2.08. The molecule has 0 aliphatic rings. The molecular weight excluding hydrogens is 202 g/mol. The molecular formula is C11H15N5. The summed E-state index contributed by atoms with van der Waals surface area (Å²) in [7, 11) is 1.92. The summed E-state index contributed by atoms with van der Waals surface area (Å²) < 4.78 is 1.82. The topological polar surface area (TPSA) is 55.6 Å². The first-order valence-corrected chi connectivity index (χ1v) is 5.18. The van der Waals surface area contributed by atoms with Crippen LogP contribution in [0.15, 0.2) is 18.5 Å². The van der Waals surface area contributed by atoms with Gasteiger partial charge in [0.15, 0.2) is 0 Å². The quantitative estimate of drug-likeness (QED) is 0.845. The fraction of sp³-hybridized carbons (Fsp3) is 0.364. The standard InChI is InChI=1S/C11H15N5/c1-8-10(7-16(3)15-8)6-13-11-4-5-12-9(2)14-11/h4-5,7H,6H2,1-3H3,(H,12,13,14). The minimum absolute atomic E-state index is 0.732. The number of anilines is 1. The molecule has 0 fully saturated rings. The molecule has 0 atom stereocenters. The summed E-state index contributed by atoms with van der Waals surface area (Å²) in [5.74, 6) is 1.61. The molecule has 5 heteroatoms. The number of hydrogen-bond acceptors (Lipinski definition) is 4. The lowest BCUT2D eigenvalue weighted by atomic mass is 10.2. The highest BCUT2D eigenvalue weighted by Gasteiger charge is 2.02. The molecule has 0 unspecified atom stereocenters. The maximum absolute atomic E-state index is 4.28. The number of aromatic nitrogens is 4. The van der Waals surface area contributed by atoms with Crippen LogP contribution in [0.5, 0.6) is 0 Å². The van der Waals surface area contributed by atoms with Gasteiger partial charge in [0.05, 0.1) is 5.69 Å². The minimum atomic E-state index is 0.732. The molecule has 2 aromatic heterocycles. The molecule has 2 rings (SSSR count). The Kier molecular flexibility index (Phi) is 2.85. The predicted octanol–water partition coefficient (Wildman–Crippen LogP) is 1.44. The van der Waals surface area contributed by atoms with Crippen LogP contribution in [0, 0.1) is 13.8 Å². The Morgan fingerprint density at radius 3 is 2.81 bits per heavy atom. The van der Waals surface area contributed by atoms with Crippen LogP contribution >= 0.6 is 0 Å². The Morgan fingerprint density at radius 1 is 1.38 bits per heavy atom. The second kappa shape index (κ2) is 4.30. The van der Waals surface area contributed by atoms with Crippen LogP contribution in [-0.4, -0.2) is 19.7 Å². The first-order valence-electron chi connectivity index (χ1n) is 5.18. The number of rotatable bonds is 3. The second-order valence-corrected chi connectivity index (χ2v) is 3.76. The van der Waals surface area contributed by atoms with Crippen molar-refractivity contribution < 1.29 is 0 Å². The third kappa shape index (κ3) is 2.36. The van der Waals surface area contributed by atoms with Crippen molar-refractivity contribution in [3.63, 3.8) is 0 Å². The SMILES string of the molecule is Cc1nccc(NCc2cn(C)nc2C)n1. The van der Waals surface area contributed by atoms with Crippen molar-refractivity contribution in [2.24, 2.45) is 7.05 Å². The molecule has 2 aromatic rings. The van der Waals surface area contributed by atoms with Gasteiger partial charge in [-0.15, -0.1) is 0 Å². The van der Waals surface area contributed by atoms with E-state index >= 15 is 0 Å². The fourth-order valence-electron chi connectivity index (χ4n) is 1.56. The Hall–Kier alpha value is -1.91. The lowest BCUT2D eigenvalue weighted by Crippen LogP contribution is -2.02. The molecule has 0 amide bonds. The average molecular weight is 217 g/mol. The van der Waals surface area contributed by atoms with Gasteiger partial charge in [-0.3, -0.25) is 4.68 Å². The molecule has 0 saturated carbocycles. The van der Waals surface area contributed by atoms with Crippen molar-refractivity contribution in [1.82, 2.24) is 19.7 Å². The van der Waals surface area contributed by atoms with E-state index in [9.17, 15) is 0 Å². The summed E-state index contributed by atoms with van der Waals surface area (Å²) in [5, 5.41) is 7.54. The zero-order valence-electron chi connectivity index (χ0n) is 9.73. The largest absolute Gasteiger partial charge is 0.366 e. The van der Waals surface area contributed by atoms with E-state index in [1.165, 1.54) is 5.56 Å². The van der Waals surface area contributed by atoms with E-state index in [4.69, 9.17) is 0 Å². The number of nitrogens with one attached hydrogen (secondary N) is 1. The van der Waals surface area contributed by atoms with Crippen LogP contribution in [-0.2, 0) is 13.6 Å². The highest BCUT2D eigenvalue weighted by atomic mass is 15.3. The Bertz CT molecular complexity index is 489. The molecule has 5 nitrogen and oxygen atoms in total. The van der Waals surface area contributed by atoms with Crippen LogP contribution in [0.2, 0.25) is 0 Å². The number of nitrogens with zero attached hydrogens (tertiary/aromatic N) is 4. The van der Waals surface area contributed by atoms with Gasteiger partial charge >= 0.3 is 0 Å². The third-order valence-electron chi connectivity index (χ3n) is 2.35. The molecule has 0 bridgehead atoms. The van der Waals surface area contributed by atoms with Gasteiger partial charge in [0.2, 0.25) is 0 Å². The number of aryl methyl sites for hydroxylation is 3. The van der Waals surface area contributed by atoms with Gasteiger partial charge in [-0.2, -0.15) is 5.10 Å². The van der Waals surface area contributed by atoms with E-state index in [0.717, 1.165) is 23.9 Å². The molecule has 16 heavy (non-hydrogen) atoms. The summed E-state index contributed by atoms with van der Waals surface area (Å²) in [4.78, 5) is 8.32. The Morgan fingerprint density at radius 2 is 2.19 bits per heavy atom. The molecule has 0 aromatic carbocycles. The van der Waals surface area contributed by atoms with Crippen LogP contribution in [0.4, 0.5) is 5.82 Å². The van der Waals surface area contributed by atoms with E-state index in [1.807, 2.05) is 37.8 Å². The lowest BCUT2D eigenvalue weighted by molar-refractivity contribution is 0.756. The van der Waals surface area contributed by atoms with Gasteiger partial charge in [-0.1, -0.05) is 0 Å². The zero-order chi connectivity index (χ0) is 11.5. The van der Waals surface area contributed by atoms with Crippen molar-refractivity contribution in [2.75, 3.05) is 5.32 Å². The van der Waals surface area contributed by atoms with Crippen molar-refractivity contribution in [2.45, 2.75) is 20.4 Å². The van der Waals surface area contributed by atoms with Crippen molar-refractivity contribution in [3.8, 4) is 0 Å². The molecule has 0 radical (unpaired) electrons. The zero-order valence-corrected chi connectivity index (χ0v) is 9.73. The lowest BCUT2D eigenvalue weighted by Gasteiger charge is -2.04. The van der Waals surface area contributed by atoms with Gasteiger partial charge in [0.1, 0.15) is 11.6 Å². The molecule has 1 N–H and O–H groups in total. The normalized spacial score (nSPS) is 10.4. The highest BCUT2D eigenvalue weighted by molar-refractivity contribution is 5.34. The van der Waals surface area contributed by atoms with E-state index in [1.54, 1.807) is 6.20 Å². The number of hydrogen-bond donors (Lipinski definition) is 1. The van der Waals surface area contributed by atoms with Gasteiger partial charge in [-0.05, 0) is 19.9 Å². The van der Waals surface area contributed by atoms with E-state index in [-0.39, 0.29) is 0 Å². The average Bonchev–Trinajstić information content (AvgIpc) is 2.54.